The predicted molar refractivity (Wildman–Crippen MR) is 120 cm³/mol. The third-order valence-electron chi connectivity index (χ3n) is 4.30. The van der Waals surface area contributed by atoms with Crippen LogP contribution in [0.4, 0.5) is 11.4 Å². The molecule has 0 aliphatic heterocycles. The second-order valence-electron chi connectivity index (χ2n) is 6.08. The summed E-state index contributed by atoms with van der Waals surface area (Å²) in [5.74, 6) is -0.313. The lowest BCUT2D eigenvalue weighted by atomic mass is 10.0. The number of hydrazine groups is 1. The van der Waals surface area contributed by atoms with Crippen LogP contribution in [0.3, 0.4) is 0 Å². The van der Waals surface area contributed by atoms with E-state index in [1.165, 1.54) is 0 Å². The Hall–Kier alpha value is -3.86. The zero-order valence-corrected chi connectivity index (χ0v) is 16.5. The van der Waals surface area contributed by atoms with Gasteiger partial charge >= 0.3 is 0 Å². The highest BCUT2D eigenvalue weighted by atomic mass is 16.2. The Kier molecular flexibility index (Phi) is 6.43. The number of amides is 1. The largest absolute Gasteiger partial charge is 0.396 e. The van der Waals surface area contributed by atoms with Crippen molar-refractivity contribution in [1.82, 2.24) is 10.4 Å². The zero-order valence-electron chi connectivity index (χ0n) is 16.5. The first-order chi connectivity index (χ1) is 14.2. The molecule has 4 rings (SSSR count). The number of nitrogens with one attached hydrogen (secondary N) is 2. The van der Waals surface area contributed by atoms with Crippen LogP contribution in [0.15, 0.2) is 84.9 Å². The summed E-state index contributed by atoms with van der Waals surface area (Å²) in [6.45, 7) is 4.00. The highest BCUT2D eigenvalue weighted by Gasteiger charge is 2.19. The van der Waals surface area contributed by atoms with Gasteiger partial charge in [-0.15, -0.1) is 0 Å². The van der Waals surface area contributed by atoms with E-state index >= 15 is 0 Å². The Labute approximate surface area is 170 Å². The van der Waals surface area contributed by atoms with E-state index in [-0.39, 0.29) is 5.91 Å². The van der Waals surface area contributed by atoms with Crippen molar-refractivity contribution in [1.29, 1.82) is 0 Å². The van der Waals surface area contributed by atoms with Gasteiger partial charge in [-0.3, -0.25) is 15.6 Å². The molecule has 0 aliphatic carbocycles. The molecule has 5 heteroatoms. The van der Waals surface area contributed by atoms with Crippen molar-refractivity contribution in [2.45, 2.75) is 13.8 Å². The maximum absolute atomic E-state index is 13.0. The molecule has 0 saturated heterocycles. The second-order valence-corrected chi connectivity index (χ2v) is 6.08. The van der Waals surface area contributed by atoms with Crippen molar-refractivity contribution in [3.8, 4) is 11.3 Å². The van der Waals surface area contributed by atoms with Gasteiger partial charge in [0.1, 0.15) is 0 Å². The van der Waals surface area contributed by atoms with Gasteiger partial charge in [0.25, 0.3) is 5.91 Å². The van der Waals surface area contributed by atoms with Crippen LogP contribution in [0.25, 0.3) is 22.2 Å². The predicted octanol–water partition coefficient (Wildman–Crippen LogP) is 5.27. The van der Waals surface area contributed by atoms with Crippen molar-refractivity contribution in [3.05, 3.63) is 90.5 Å². The van der Waals surface area contributed by atoms with E-state index in [9.17, 15) is 4.79 Å². The average molecular weight is 384 g/mol. The molecule has 0 bridgehead atoms. The maximum Gasteiger partial charge on any atom is 0.272 e. The number of hydrogen-bond acceptors (Lipinski definition) is 4. The van der Waals surface area contributed by atoms with E-state index in [0.29, 0.717) is 22.3 Å². The number of carbonyl (C=O) groups is 1. The fourth-order valence-electron chi connectivity index (χ4n) is 3.00. The number of anilines is 2. The minimum absolute atomic E-state index is 0.313. The SMILES string of the molecule is CC.Nc1c(-c2ccccc2)nc2ccccc2c1C(=O)NNc1ccccc1. The van der Waals surface area contributed by atoms with Crippen LogP contribution >= 0.6 is 0 Å². The normalized spacial score (nSPS) is 10.0. The molecule has 29 heavy (non-hydrogen) atoms. The first kappa shape index (κ1) is 19.9. The van der Waals surface area contributed by atoms with Crippen LogP contribution in [0.5, 0.6) is 0 Å². The molecule has 3 aromatic carbocycles. The molecule has 0 saturated carbocycles. The number of nitrogens with two attached hydrogens (primary N) is 1. The fourth-order valence-corrected chi connectivity index (χ4v) is 3.00. The Bertz CT molecular complexity index is 1100. The fraction of sp³-hybridized carbons (Fsp3) is 0.0833. The Morgan fingerprint density at radius 1 is 0.828 bits per heavy atom. The second kappa shape index (κ2) is 9.37. The van der Waals surface area contributed by atoms with Crippen molar-refractivity contribution in [3.63, 3.8) is 0 Å². The van der Waals surface area contributed by atoms with Crippen molar-refractivity contribution < 1.29 is 4.79 Å². The number of rotatable bonds is 4. The lowest BCUT2D eigenvalue weighted by Crippen LogP contribution is -2.30. The quantitative estimate of drug-likeness (QED) is 0.419. The van der Waals surface area contributed by atoms with E-state index in [4.69, 9.17) is 5.73 Å². The minimum Gasteiger partial charge on any atom is -0.396 e. The zero-order chi connectivity index (χ0) is 20.6. The summed E-state index contributed by atoms with van der Waals surface area (Å²) in [5.41, 5.74) is 15.8. The summed E-state index contributed by atoms with van der Waals surface area (Å²) in [7, 11) is 0. The summed E-state index contributed by atoms with van der Waals surface area (Å²) in [6.07, 6.45) is 0. The van der Waals surface area contributed by atoms with Gasteiger partial charge in [0.15, 0.2) is 0 Å². The summed E-state index contributed by atoms with van der Waals surface area (Å²) >= 11 is 0. The number of hydrogen-bond donors (Lipinski definition) is 3. The third-order valence-corrected chi connectivity index (χ3v) is 4.30. The maximum atomic E-state index is 13.0. The van der Waals surface area contributed by atoms with Gasteiger partial charge < -0.3 is 5.73 Å². The molecule has 0 radical (unpaired) electrons. The molecule has 4 aromatic rings. The molecule has 0 unspecified atom stereocenters. The molecule has 146 valence electrons. The molecular formula is C24H24N4O. The van der Waals surface area contributed by atoms with Crippen LogP contribution in [0.1, 0.15) is 24.2 Å². The number of para-hydroxylation sites is 2. The van der Waals surface area contributed by atoms with E-state index in [0.717, 1.165) is 16.8 Å². The number of nitrogen functional groups attached to an aromatic ring is 1. The molecule has 1 heterocycles. The number of carbonyl (C=O) groups excluding carboxylic acids is 1. The highest BCUT2D eigenvalue weighted by Crippen LogP contribution is 2.32. The summed E-state index contributed by atoms with van der Waals surface area (Å²) in [4.78, 5) is 17.6. The Morgan fingerprint density at radius 2 is 1.41 bits per heavy atom. The van der Waals surface area contributed by atoms with Crippen molar-refractivity contribution >= 4 is 28.2 Å². The number of benzene rings is 3. The van der Waals surface area contributed by atoms with Crippen LogP contribution in [-0.2, 0) is 0 Å². The number of aromatic nitrogens is 1. The first-order valence-electron chi connectivity index (χ1n) is 9.59. The Balaban J connectivity index is 0.00000117. The molecule has 1 amide bonds. The molecule has 0 spiro atoms. The molecule has 4 N–H and O–H groups in total. The van der Waals surface area contributed by atoms with Gasteiger partial charge in [-0.1, -0.05) is 80.6 Å². The third kappa shape index (κ3) is 4.35. The number of pyridine rings is 1. The summed E-state index contributed by atoms with van der Waals surface area (Å²) < 4.78 is 0. The number of nitrogens with zero attached hydrogens (tertiary/aromatic N) is 1. The summed E-state index contributed by atoms with van der Waals surface area (Å²) in [6, 6.07) is 26.5. The van der Waals surface area contributed by atoms with Crippen molar-refractivity contribution in [2.24, 2.45) is 0 Å². The number of fused-ring (bicyclic) bond motifs is 1. The minimum atomic E-state index is -0.313. The van der Waals surface area contributed by atoms with Gasteiger partial charge in [-0.2, -0.15) is 0 Å². The standard InChI is InChI=1S/C22H18N4O.C2H6/c23-20-19(22(27)26-25-16-11-5-2-6-12-16)17-13-7-8-14-18(17)24-21(20)15-9-3-1-4-10-15;1-2/h1-14,25H,23H2,(H,26,27);1-2H3. The van der Waals surface area contributed by atoms with E-state index in [1.54, 1.807) is 0 Å². The van der Waals surface area contributed by atoms with Gasteiger partial charge in [0.05, 0.1) is 28.1 Å². The van der Waals surface area contributed by atoms with Gasteiger partial charge in [0, 0.05) is 10.9 Å². The topological polar surface area (TPSA) is 80.0 Å². The molecule has 0 atom stereocenters. The van der Waals surface area contributed by atoms with Crippen LogP contribution < -0.4 is 16.6 Å². The van der Waals surface area contributed by atoms with Crippen LogP contribution in [0.2, 0.25) is 0 Å². The smallest absolute Gasteiger partial charge is 0.272 e. The van der Waals surface area contributed by atoms with E-state index < -0.39 is 0 Å². The first-order valence-corrected chi connectivity index (χ1v) is 9.59. The van der Waals surface area contributed by atoms with Gasteiger partial charge in [0.2, 0.25) is 0 Å². The van der Waals surface area contributed by atoms with E-state index in [2.05, 4.69) is 15.8 Å². The lowest BCUT2D eigenvalue weighted by Gasteiger charge is -2.15. The molecular weight excluding hydrogens is 360 g/mol. The van der Waals surface area contributed by atoms with Gasteiger partial charge in [-0.05, 0) is 18.2 Å². The van der Waals surface area contributed by atoms with Crippen molar-refractivity contribution in [2.75, 3.05) is 11.2 Å². The van der Waals surface area contributed by atoms with Gasteiger partial charge in [-0.25, -0.2) is 4.98 Å². The Morgan fingerprint density at radius 3 is 2.10 bits per heavy atom. The summed E-state index contributed by atoms with van der Waals surface area (Å²) in [5, 5.41) is 0.710. The molecule has 0 aliphatic rings. The average Bonchev–Trinajstić information content (AvgIpc) is 2.79. The monoisotopic (exact) mass is 384 g/mol. The van der Waals surface area contributed by atoms with Crippen LogP contribution in [-0.4, -0.2) is 10.9 Å². The molecule has 5 nitrogen and oxygen atoms in total. The highest BCUT2D eigenvalue weighted by molar-refractivity contribution is 6.13. The molecule has 0 fully saturated rings. The molecule has 1 aromatic heterocycles. The van der Waals surface area contributed by atoms with E-state index in [1.807, 2.05) is 98.8 Å². The van der Waals surface area contributed by atoms with Crippen LogP contribution in [0, 0.1) is 0 Å². The lowest BCUT2D eigenvalue weighted by molar-refractivity contribution is 0.0965.